The second-order valence-corrected chi connectivity index (χ2v) is 6.45. The van der Waals surface area contributed by atoms with Gasteiger partial charge in [-0.3, -0.25) is 4.79 Å². The third kappa shape index (κ3) is 6.99. The summed E-state index contributed by atoms with van der Waals surface area (Å²) in [6.45, 7) is 5.78. The van der Waals surface area contributed by atoms with Crippen molar-refractivity contribution in [2.45, 2.75) is 46.2 Å². The van der Waals surface area contributed by atoms with E-state index in [9.17, 15) is 36.2 Å². The fourth-order valence-electron chi connectivity index (χ4n) is 2.37. The van der Waals surface area contributed by atoms with Crippen molar-refractivity contribution in [3.63, 3.8) is 0 Å². The lowest BCUT2D eigenvalue weighted by Crippen LogP contribution is -2.07. The zero-order chi connectivity index (χ0) is 21.9. The number of aliphatic hydroxyl groups is 1. The minimum Gasteiger partial charge on any atom is -0.389 e. The van der Waals surface area contributed by atoms with Crippen molar-refractivity contribution in [2.75, 3.05) is 0 Å². The second kappa shape index (κ2) is 8.77. The van der Waals surface area contributed by atoms with Gasteiger partial charge in [0.15, 0.2) is 5.78 Å². The highest BCUT2D eigenvalue weighted by Gasteiger charge is 2.31. The van der Waals surface area contributed by atoms with Gasteiger partial charge in [-0.1, -0.05) is 11.6 Å². The van der Waals surface area contributed by atoms with Gasteiger partial charge in [0.25, 0.3) is 0 Å². The van der Waals surface area contributed by atoms with Crippen LogP contribution in [0, 0.1) is 13.8 Å². The standard InChI is InChI=1S/C10H11F3O.C10H9F3O/c2*1-6-3-8(7(2)14)5-9(4-6)10(11,12)13/h3-5,7,14H,1-2H3;3-5H,1-2H3. The second-order valence-electron chi connectivity index (χ2n) is 6.45. The Morgan fingerprint density at radius 3 is 1.64 bits per heavy atom. The predicted molar refractivity (Wildman–Crippen MR) is 93.0 cm³/mol. The summed E-state index contributed by atoms with van der Waals surface area (Å²) in [4.78, 5) is 10.9. The molecule has 0 aromatic heterocycles. The molecule has 0 saturated carbocycles. The van der Waals surface area contributed by atoms with Gasteiger partial charge in [0.1, 0.15) is 0 Å². The SMILES string of the molecule is CC(=O)c1cc(C)cc(C(F)(F)F)c1.Cc1cc(C(C)O)cc(C(F)(F)F)c1. The van der Waals surface area contributed by atoms with Crippen LogP contribution in [-0.2, 0) is 12.4 Å². The maximum absolute atomic E-state index is 12.3. The molecule has 0 fully saturated rings. The Bertz CT molecular complexity index is 836. The van der Waals surface area contributed by atoms with E-state index in [1.807, 2.05) is 0 Å². The molecule has 2 aromatic carbocycles. The lowest BCUT2D eigenvalue weighted by Gasteiger charge is -2.11. The summed E-state index contributed by atoms with van der Waals surface area (Å²) in [5.74, 6) is -0.362. The van der Waals surface area contributed by atoms with Crippen molar-refractivity contribution in [1.29, 1.82) is 0 Å². The third-order valence-corrected chi connectivity index (χ3v) is 3.72. The van der Waals surface area contributed by atoms with E-state index in [1.54, 1.807) is 13.0 Å². The molecule has 2 aromatic rings. The fourth-order valence-corrected chi connectivity index (χ4v) is 2.37. The average molecular weight is 406 g/mol. The molecule has 0 radical (unpaired) electrons. The Balaban J connectivity index is 0.000000280. The van der Waals surface area contributed by atoms with Crippen LogP contribution in [-0.4, -0.2) is 10.9 Å². The molecule has 0 amide bonds. The Labute approximate surface area is 158 Å². The molecule has 1 atom stereocenters. The molecular formula is C20H20F6O2. The predicted octanol–water partition coefficient (Wildman–Crippen LogP) is 6.28. The summed E-state index contributed by atoms with van der Waals surface area (Å²) in [5, 5.41) is 9.17. The molecule has 2 nitrogen and oxygen atoms in total. The van der Waals surface area contributed by atoms with Gasteiger partial charge in [-0.05, 0) is 69.2 Å². The van der Waals surface area contributed by atoms with Gasteiger partial charge in [0, 0.05) is 5.56 Å². The number of hydrogen-bond acceptors (Lipinski definition) is 2. The van der Waals surface area contributed by atoms with Crippen molar-refractivity contribution in [1.82, 2.24) is 0 Å². The van der Waals surface area contributed by atoms with Gasteiger partial charge in [0.05, 0.1) is 17.2 Å². The van der Waals surface area contributed by atoms with E-state index in [1.165, 1.54) is 26.8 Å². The van der Waals surface area contributed by atoms with Crippen LogP contribution in [0.2, 0.25) is 0 Å². The largest absolute Gasteiger partial charge is 0.416 e. The van der Waals surface area contributed by atoms with Crippen LogP contribution >= 0.6 is 0 Å². The number of hydrogen-bond donors (Lipinski definition) is 1. The van der Waals surface area contributed by atoms with E-state index >= 15 is 0 Å². The molecule has 0 aliphatic heterocycles. The van der Waals surface area contributed by atoms with Gasteiger partial charge in [-0.25, -0.2) is 0 Å². The van der Waals surface area contributed by atoms with Crippen LogP contribution in [0.15, 0.2) is 36.4 Å². The van der Waals surface area contributed by atoms with Gasteiger partial charge in [-0.15, -0.1) is 0 Å². The Kier molecular flexibility index (Phi) is 7.42. The number of halogens is 6. The molecular weight excluding hydrogens is 386 g/mol. The highest BCUT2D eigenvalue weighted by molar-refractivity contribution is 5.94. The van der Waals surface area contributed by atoms with Crippen LogP contribution in [0.1, 0.15) is 58.1 Å². The number of alkyl halides is 6. The first-order valence-corrected chi connectivity index (χ1v) is 8.18. The van der Waals surface area contributed by atoms with Gasteiger partial charge < -0.3 is 5.11 Å². The molecule has 8 heteroatoms. The van der Waals surface area contributed by atoms with Gasteiger partial charge in [0.2, 0.25) is 0 Å². The summed E-state index contributed by atoms with van der Waals surface area (Å²) in [6.07, 6.45) is -9.62. The van der Waals surface area contributed by atoms with Crippen molar-refractivity contribution >= 4 is 5.78 Å². The first-order valence-electron chi connectivity index (χ1n) is 8.18. The number of benzene rings is 2. The number of aliphatic hydroxyl groups excluding tert-OH is 1. The van der Waals surface area contributed by atoms with Crippen LogP contribution < -0.4 is 0 Å². The van der Waals surface area contributed by atoms with Crippen LogP contribution in [0.5, 0.6) is 0 Å². The van der Waals surface area contributed by atoms with Gasteiger partial charge >= 0.3 is 12.4 Å². The maximum atomic E-state index is 12.3. The molecule has 0 spiro atoms. The van der Waals surface area contributed by atoms with Gasteiger partial charge in [-0.2, -0.15) is 26.3 Å². The first kappa shape index (κ1) is 23.7. The van der Waals surface area contributed by atoms with Crippen molar-refractivity contribution in [2.24, 2.45) is 0 Å². The molecule has 0 saturated heterocycles. The summed E-state index contributed by atoms with van der Waals surface area (Å²) < 4.78 is 73.9. The zero-order valence-corrected chi connectivity index (χ0v) is 15.7. The molecule has 1 unspecified atom stereocenters. The third-order valence-electron chi connectivity index (χ3n) is 3.72. The van der Waals surface area contributed by atoms with E-state index < -0.39 is 29.6 Å². The number of ketones is 1. The molecule has 1 N–H and O–H groups in total. The molecule has 0 aliphatic carbocycles. The number of carbonyl (C=O) groups is 1. The van der Waals surface area contributed by atoms with E-state index in [2.05, 4.69) is 0 Å². The minimum absolute atomic E-state index is 0.0947. The Morgan fingerprint density at radius 2 is 1.25 bits per heavy atom. The Morgan fingerprint density at radius 1 is 0.821 bits per heavy atom. The lowest BCUT2D eigenvalue weighted by molar-refractivity contribution is -0.138. The fraction of sp³-hybridized carbons (Fsp3) is 0.350. The smallest absolute Gasteiger partial charge is 0.389 e. The van der Waals surface area contributed by atoms with Crippen molar-refractivity contribution in [3.8, 4) is 0 Å². The van der Waals surface area contributed by atoms with Crippen LogP contribution in [0.4, 0.5) is 26.3 Å². The zero-order valence-electron chi connectivity index (χ0n) is 15.7. The molecule has 0 bridgehead atoms. The average Bonchev–Trinajstić information content (AvgIpc) is 2.52. The highest BCUT2D eigenvalue weighted by Crippen LogP contribution is 2.32. The highest BCUT2D eigenvalue weighted by atomic mass is 19.4. The molecule has 0 aliphatic rings. The number of aryl methyl sites for hydroxylation is 2. The van der Waals surface area contributed by atoms with E-state index in [0.717, 1.165) is 24.3 Å². The number of rotatable bonds is 2. The Hall–Kier alpha value is -2.35. The summed E-state index contributed by atoms with van der Waals surface area (Å²) in [6, 6.07) is 6.91. The van der Waals surface area contributed by atoms with E-state index in [4.69, 9.17) is 0 Å². The summed E-state index contributed by atoms with van der Waals surface area (Å²) in [5.41, 5.74) is -0.175. The van der Waals surface area contributed by atoms with Crippen LogP contribution in [0.3, 0.4) is 0 Å². The maximum Gasteiger partial charge on any atom is 0.416 e. The van der Waals surface area contributed by atoms with Crippen molar-refractivity contribution in [3.05, 3.63) is 69.8 Å². The quantitative estimate of drug-likeness (QED) is 0.471. The minimum atomic E-state index is -4.39. The normalized spacial score (nSPS) is 12.8. The lowest BCUT2D eigenvalue weighted by atomic mass is 10.0. The monoisotopic (exact) mass is 406 g/mol. The first-order chi connectivity index (χ1) is 12.6. The number of carbonyl (C=O) groups excluding carboxylic acids is 1. The molecule has 154 valence electrons. The topological polar surface area (TPSA) is 37.3 Å². The molecule has 28 heavy (non-hydrogen) atoms. The number of Topliss-reactive ketones (excluding diaryl/α,β-unsaturated/α-hetero) is 1. The molecule has 0 heterocycles. The summed E-state index contributed by atoms with van der Waals surface area (Å²) in [7, 11) is 0. The van der Waals surface area contributed by atoms with E-state index in [0.29, 0.717) is 11.1 Å². The van der Waals surface area contributed by atoms with E-state index in [-0.39, 0.29) is 16.9 Å². The molecule has 2 rings (SSSR count). The van der Waals surface area contributed by atoms with Crippen molar-refractivity contribution < 1.29 is 36.2 Å². The summed E-state index contributed by atoms with van der Waals surface area (Å²) >= 11 is 0. The van der Waals surface area contributed by atoms with Crippen LogP contribution in [0.25, 0.3) is 0 Å².